The molecule has 0 radical (unpaired) electrons. The molecule has 5 fully saturated rings. The molecule has 91 heavy (non-hydrogen) atoms. The van der Waals surface area contributed by atoms with Crippen molar-refractivity contribution in [1.82, 2.24) is 21.3 Å². The van der Waals surface area contributed by atoms with E-state index in [0.29, 0.717) is 80.6 Å². The van der Waals surface area contributed by atoms with E-state index in [0.717, 1.165) is 128 Å². The van der Waals surface area contributed by atoms with Gasteiger partial charge in [-0.05, 0) is 239 Å². The first kappa shape index (κ1) is 62.0. The van der Waals surface area contributed by atoms with Gasteiger partial charge < -0.3 is 56.0 Å². The normalized spacial score (nSPS) is 34.3. The van der Waals surface area contributed by atoms with Crippen molar-refractivity contribution in [2.24, 2.45) is 64.1 Å². The Morgan fingerprint density at radius 3 is 2.46 bits per heavy atom. The van der Waals surface area contributed by atoms with Gasteiger partial charge in [-0.3, -0.25) is 0 Å². The number of carbonyl (C=O) groups excluding carboxylic acids is 3. The van der Waals surface area contributed by atoms with Crippen LogP contribution in [0.5, 0.6) is 5.75 Å². The zero-order valence-electron chi connectivity index (χ0n) is 53.1. The number of esters is 2. The fourth-order valence-corrected chi connectivity index (χ4v) is 19.7. The number of benzene rings is 4. The molecule has 0 aromatic heterocycles. The van der Waals surface area contributed by atoms with E-state index in [1.165, 1.54) is 5.56 Å². The van der Waals surface area contributed by atoms with Crippen molar-refractivity contribution in [3.8, 4) is 28.7 Å². The van der Waals surface area contributed by atoms with Gasteiger partial charge in [0.1, 0.15) is 23.6 Å². The molecule has 0 amide bonds. The predicted octanol–water partition coefficient (Wildman–Crippen LogP) is 11.3. The van der Waals surface area contributed by atoms with E-state index < -0.39 is 34.4 Å². The van der Waals surface area contributed by atoms with Crippen LogP contribution in [0.3, 0.4) is 0 Å². The number of rotatable bonds is 10. The lowest BCUT2D eigenvalue weighted by Gasteiger charge is -2.56. The average Bonchev–Trinajstić information content (AvgIpc) is 1.61. The van der Waals surface area contributed by atoms with E-state index in [2.05, 4.69) is 106 Å². The number of aliphatic hydroxyl groups is 3. The lowest BCUT2D eigenvalue weighted by molar-refractivity contribution is -0.135. The smallest absolute Gasteiger partial charge is 0.340 e. The van der Waals surface area contributed by atoms with Gasteiger partial charge in [-0.25, -0.2) is 9.59 Å². The Kier molecular flexibility index (Phi) is 17.3. The maximum Gasteiger partial charge on any atom is 0.340 e. The molecule has 8 N–H and O–H groups in total. The second kappa shape index (κ2) is 25.4. The van der Waals surface area contributed by atoms with Crippen LogP contribution in [0, 0.1) is 75.9 Å². The number of aldehydes is 1. The summed E-state index contributed by atoms with van der Waals surface area (Å²) in [6, 6.07) is 33.1. The quantitative estimate of drug-likeness (QED) is 0.0424. The van der Waals surface area contributed by atoms with Gasteiger partial charge in [-0.15, -0.1) is 0 Å². The molecule has 12 aliphatic rings. The molecule has 4 aromatic carbocycles. The number of carbonyl (C=O) groups is 3. The highest BCUT2D eigenvalue weighted by molar-refractivity contribution is 6.07. The molecule has 13 heteroatoms. The molecule has 16 rings (SSSR count). The van der Waals surface area contributed by atoms with E-state index in [9.17, 15) is 25.2 Å². The summed E-state index contributed by atoms with van der Waals surface area (Å²) in [6.07, 6.45) is 19.2. The number of hydrogen-bond donors (Lipinski definition) is 8. The standard InChI is InChI=1S/C78H92N4O9/c1-75(88)47-82-72-53-16-9-13-49(38-53)25-33-80-46-51-14-10-15-52(39-51)59-20-19-58(85)43-63(59)68-60-23-32-78(66(91-74(87)71(68)78)40-50(27-35-83)37-48-11-5-3-6-12-48)70-61(60)21-22-62-65(90-73(86)69(62)70)24-31-76(56-26-34-81-67(42-56)79-2)44-54(64(72)45-76)41-57(18-17-55(75)28-36-84)77(89)29-7-4-8-30-77/h3,5-6,9-16,19-20,24,36,38-40,43,50,54-57,60-61,64,67,70,72,79-83,85,88-89H,4,7-8,21-23,25-35,37,41-42,44-47H2,1-2H3/b65-24?,66-40-/t50-,54+,55+,56-,57+,60-,61+,64+,67+,70-,72-,75-,76+,78-/m1/s1. The first-order chi connectivity index (χ1) is 44.2. The molecule has 2 saturated heterocycles. The van der Waals surface area contributed by atoms with Gasteiger partial charge in [0.2, 0.25) is 0 Å². The molecule has 4 aromatic rings. The molecule has 13 nitrogen and oxygen atoms in total. The highest BCUT2D eigenvalue weighted by Gasteiger charge is 2.69. The van der Waals surface area contributed by atoms with E-state index in [1.54, 1.807) is 6.07 Å². The summed E-state index contributed by atoms with van der Waals surface area (Å²) in [5.74, 6) is 6.26. The van der Waals surface area contributed by atoms with Crippen LogP contribution < -0.4 is 21.3 Å². The second-order valence-corrected chi connectivity index (χ2v) is 29.2. The maximum absolute atomic E-state index is 15.6. The van der Waals surface area contributed by atoms with Gasteiger partial charge in [-0.1, -0.05) is 110 Å². The average molecular weight is 1230 g/mol. The minimum atomic E-state index is -1.37. The number of phenols is 1. The Morgan fingerprint density at radius 1 is 0.802 bits per heavy atom. The Bertz CT molecular complexity index is 3640. The van der Waals surface area contributed by atoms with Gasteiger partial charge >= 0.3 is 11.9 Å². The Hall–Kier alpha value is -6.47. The van der Waals surface area contributed by atoms with Gasteiger partial charge in [0.15, 0.2) is 0 Å². The zero-order chi connectivity index (χ0) is 62.7. The number of aromatic hydroxyl groups is 1. The molecule has 6 heterocycles. The summed E-state index contributed by atoms with van der Waals surface area (Å²) in [5, 5.41) is 63.0. The lowest BCUT2D eigenvalue weighted by atomic mass is 9.44. The van der Waals surface area contributed by atoms with Gasteiger partial charge in [0, 0.05) is 55.1 Å². The molecule has 6 aliphatic heterocycles. The van der Waals surface area contributed by atoms with Crippen molar-refractivity contribution in [1.29, 1.82) is 0 Å². The Morgan fingerprint density at radius 2 is 1.64 bits per heavy atom. The second-order valence-electron chi connectivity index (χ2n) is 29.2. The molecule has 14 bridgehead atoms. The highest BCUT2D eigenvalue weighted by atomic mass is 16.6. The number of cyclic esters (lactones) is 1. The monoisotopic (exact) mass is 1230 g/mol. The maximum atomic E-state index is 15.6. The Balaban J connectivity index is 0.954. The van der Waals surface area contributed by atoms with Crippen molar-refractivity contribution in [2.45, 2.75) is 159 Å². The lowest BCUT2D eigenvalue weighted by Crippen LogP contribution is -2.52. The minimum absolute atomic E-state index is 0.0479. The summed E-state index contributed by atoms with van der Waals surface area (Å²) in [4.78, 5) is 43.5. The number of allylic oxidation sites excluding steroid dienone is 5. The SMILES string of the molecule is CN[C@@H]1C[C@H]([C@@]23CC=C4OC(=O)C5=C4CC[C@H]4[C@H]6CC[C@]7(C(=C6c6cc(O)ccc6-c6cccc(c6)CNCCc6cccc(c6)[C@H]6NC[C@@](C)(O)[C@H](CC=O)C#C[C@H](C8(O)CCCCC8)C[C@@H](C2)[C@@H]6C3)C(=O)O/C7=C\[C@H](CCO)Cc2ccccc2)[C@@H]54)CCN1. The summed E-state index contributed by atoms with van der Waals surface area (Å²) in [7, 11) is 2.03. The van der Waals surface area contributed by atoms with Crippen molar-refractivity contribution >= 4 is 23.8 Å². The third-order valence-electron chi connectivity index (χ3n) is 24.1. The van der Waals surface area contributed by atoms with Crippen molar-refractivity contribution in [3.05, 3.63) is 165 Å². The number of β-amino-alcohol motifs (C(OH)–C–C–N with tert-alkyl or cyclic N) is 1. The van der Waals surface area contributed by atoms with Gasteiger partial charge in [-0.2, -0.15) is 0 Å². The minimum Gasteiger partial charge on any atom is -0.508 e. The number of ether oxygens (including phenoxy) is 2. The third kappa shape index (κ3) is 11.5. The van der Waals surface area contributed by atoms with Crippen molar-refractivity contribution < 1.29 is 44.3 Å². The molecule has 6 aliphatic carbocycles. The summed E-state index contributed by atoms with van der Waals surface area (Å²) in [6.45, 7) is 4.15. The molecule has 14 atom stereocenters. The summed E-state index contributed by atoms with van der Waals surface area (Å²) < 4.78 is 13.6. The van der Waals surface area contributed by atoms with Gasteiger partial charge in [0.05, 0.1) is 34.3 Å². The van der Waals surface area contributed by atoms with Crippen LogP contribution in [0.25, 0.3) is 16.7 Å². The van der Waals surface area contributed by atoms with Crippen LogP contribution in [-0.2, 0) is 43.2 Å². The van der Waals surface area contributed by atoms with Crippen LogP contribution in [-0.4, -0.2) is 89.3 Å². The van der Waals surface area contributed by atoms with E-state index >= 15 is 9.59 Å². The van der Waals surface area contributed by atoms with Crippen LogP contribution in [0.15, 0.2) is 137 Å². The summed E-state index contributed by atoms with van der Waals surface area (Å²) in [5.41, 5.74) is 6.61. The number of phenolic OH excluding ortho intramolecular Hbond substituents is 1. The number of fused-ring (bicyclic) bond motifs is 5. The van der Waals surface area contributed by atoms with Crippen LogP contribution >= 0.6 is 0 Å². The Labute approximate surface area is 537 Å². The van der Waals surface area contributed by atoms with E-state index in [1.807, 2.05) is 44.3 Å². The molecule has 3 saturated carbocycles. The fourth-order valence-electron chi connectivity index (χ4n) is 19.7. The van der Waals surface area contributed by atoms with Gasteiger partial charge in [0.25, 0.3) is 0 Å². The number of nitrogens with one attached hydrogen (secondary N) is 4. The molecule has 478 valence electrons. The number of piperidine rings is 1. The van der Waals surface area contributed by atoms with E-state index in [4.69, 9.17) is 9.47 Å². The fraction of sp³-hybridized carbons (Fsp3) is 0.526. The summed E-state index contributed by atoms with van der Waals surface area (Å²) >= 11 is 0. The predicted molar refractivity (Wildman–Crippen MR) is 351 cm³/mol. The topological polar surface area (TPSA) is 199 Å². The first-order valence-electron chi connectivity index (χ1n) is 34.5. The first-order valence-corrected chi connectivity index (χ1v) is 34.5. The highest BCUT2D eigenvalue weighted by Crippen LogP contribution is 2.72. The van der Waals surface area contributed by atoms with Crippen LogP contribution in [0.4, 0.5) is 0 Å². The van der Waals surface area contributed by atoms with Crippen molar-refractivity contribution in [3.63, 3.8) is 0 Å². The third-order valence-corrected chi connectivity index (χ3v) is 24.1. The number of aliphatic hydroxyl groups excluding tert-OH is 1. The molecular formula is C78H92N4O9. The van der Waals surface area contributed by atoms with Crippen LogP contribution in [0.2, 0.25) is 0 Å². The molecule has 1 spiro atoms. The molecule has 0 unspecified atom stereocenters. The van der Waals surface area contributed by atoms with Crippen molar-refractivity contribution in [2.75, 3.05) is 33.3 Å². The number of hydrogen-bond acceptors (Lipinski definition) is 13. The van der Waals surface area contributed by atoms with E-state index in [-0.39, 0.29) is 90.3 Å². The zero-order valence-corrected chi connectivity index (χ0v) is 53.1. The van der Waals surface area contributed by atoms with Crippen LogP contribution in [0.1, 0.15) is 150 Å². The largest absolute Gasteiger partial charge is 0.508 e. The molecular weight excluding hydrogens is 1140 g/mol.